The van der Waals surface area contributed by atoms with E-state index in [-0.39, 0.29) is 6.42 Å². The zero-order valence-electron chi connectivity index (χ0n) is 13.3. The largest absolute Gasteiger partial charge is 0.394 e. The number of rotatable bonds is 4. The smallest absolute Gasteiger partial charge is 0.111 e. The van der Waals surface area contributed by atoms with Gasteiger partial charge < -0.3 is 51.0 Å². The van der Waals surface area contributed by atoms with Crippen LogP contribution in [-0.2, 0) is 9.47 Å². The molecule has 2 rings (SSSR count). The van der Waals surface area contributed by atoms with Crippen LogP contribution < -0.4 is 5.73 Å². The number of ether oxygens (including phenoxy) is 2. The van der Waals surface area contributed by atoms with E-state index in [2.05, 4.69) is 0 Å². The minimum Gasteiger partial charge on any atom is -0.394 e. The van der Waals surface area contributed by atoms with Gasteiger partial charge in [-0.15, -0.1) is 0 Å². The fraction of sp³-hybridized carbons (Fsp3) is 1.00. The highest BCUT2D eigenvalue weighted by atomic mass is 16.5. The third kappa shape index (κ3) is 3.44. The first kappa shape index (κ1) is 19.9. The van der Waals surface area contributed by atoms with Crippen molar-refractivity contribution in [3.8, 4) is 0 Å². The normalized spacial score (nSPS) is 53.1. The minimum atomic E-state index is -1.58. The molecule has 9 N–H and O–H groups in total. The molecule has 0 aromatic carbocycles. The molecule has 1 saturated heterocycles. The summed E-state index contributed by atoms with van der Waals surface area (Å²) in [5, 5.41) is 68.9. The summed E-state index contributed by atoms with van der Waals surface area (Å²) in [5.41, 5.74) is 5.86. The fourth-order valence-corrected chi connectivity index (χ4v) is 3.58. The molecule has 2 aliphatic rings. The second-order valence-electron chi connectivity index (χ2n) is 6.52. The lowest BCUT2D eigenvalue weighted by Crippen LogP contribution is -2.65. The van der Waals surface area contributed by atoms with E-state index in [9.17, 15) is 35.7 Å². The van der Waals surface area contributed by atoms with Gasteiger partial charge in [-0.25, -0.2) is 0 Å². The zero-order valence-corrected chi connectivity index (χ0v) is 13.3. The molecule has 0 spiro atoms. The molecule has 0 bridgehead atoms. The number of hydrogen-bond donors (Lipinski definition) is 8. The van der Waals surface area contributed by atoms with Crippen molar-refractivity contribution in [3.05, 3.63) is 0 Å². The third-order valence-electron chi connectivity index (χ3n) is 5.11. The Morgan fingerprint density at radius 1 is 0.833 bits per heavy atom. The van der Waals surface area contributed by atoms with Crippen molar-refractivity contribution in [3.63, 3.8) is 0 Å². The number of aliphatic hydroxyl groups is 7. The summed E-state index contributed by atoms with van der Waals surface area (Å²) < 4.78 is 10.6. The lowest BCUT2D eigenvalue weighted by molar-refractivity contribution is -0.231. The third-order valence-corrected chi connectivity index (χ3v) is 5.11. The van der Waals surface area contributed by atoms with Crippen molar-refractivity contribution in [2.45, 2.75) is 67.4 Å². The van der Waals surface area contributed by atoms with Gasteiger partial charge in [0.25, 0.3) is 0 Å². The van der Waals surface area contributed by atoms with E-state index in [1.165, 1.54) is 7.11 Å². The summed E-state index contributed by atoms with van der Waals surface area (Å²) >= 11 is 0. The summed E-state index contributed by atoms with van der Waals surface area (Å²) in [7, 11) is 1.29. The van der Waals surface area contributed by atoms with Crippen LogP contribution in [0.1, 0.15) is 6.42 Å². The Labute approximate surface area is 139 Å². The molecule has 0 amide bonds. The van der Waals surface area contributed by atoms with Gasteiger partial charge in [0.05, 0.1) is 31.0 Å². The van der Waals surface area contributed by atoms with Gasteiger partial charge in [0, 0.05) is 13.0 Å². The predicted molar refractivity (Wildman–Crippen MR) is 78.7 cm³/mol. The Balaban J connectivity index is 2.17. The van der Waals surface area contributed by atoms with Gasteiger partial charge in [-0.3, -0.25) is 0 Å². The molecule has 1 aliphatic heterocycles. The molecule has 10 nitrogen and oxygen atoms in total. The summed E-state index contributed by atoms with van der Waals surface area (Å²) in [5.74, 6) is -0.846. The molecule has 0 unspecified atom stereocenters. The van der Waals surface area contributed by atoms with Crippen LogP contribution in [-0.4, -0.2) is 110 Å². The summed E-state index contributed by atoms with van der Waals surface area (Å²) in [6.07, 6.45) is -11.6. The van der Waals surface area contributed by atoms with Gasteiger partial charge in [0.15, 0.2) is 0 Å². The van der Waals surface area contributed by atoms with Crippen molar-refractivity contribution >= 4 is 0 Å². The van der Waals surface area contributed by atoms with Crippen LogP contribution in [0, 0.1) is 5.92 Å². The molecule has 1 saturated carbocycles. The van der Waals surface area contributed by atoms with Crippen molar-refractivity contribution in [2.24, 2.45) is 11.7 Å². The van der Waals surface area contributed by atoms with Crippen molar-refractivity contribution in [1.82, 2.24) is 0 Å². The Hall–Kier alpha value is -0.400. The summed E-state index contributed by atoms with van der Waals surface area (Å²) in [6.45, 7) is -0.535. The maximum absolute atomic E-state index is 10.2. The van der Waals surface area contributed by atoms with Crippen molar-refractivity contribution in [2.75, 3.05) is 13.7 Å². The van der Waals surface area contributed by atoms with Crippen LogP contribution >= 0.6 is 0 Å². The van der Waals surface area contributed by atoms with E-state index in [0.717, 1.165) is 0 Å². The Bertz CT molecular complexity index is 412. The van der Waals surface area contributed by atoms with Crippen molar-refractivity contribution < 1.29 is 45.2 Å². The first-order chi connectivity index (χ1) is 11.2. The standard InChI is InChI=1S/C14H27NO9/c1-23-14-4(8(17)11(20)12(21)13(14)22)2-5-7(15)10(19)9(18)6(3-16)24-5/h4-14,16-22H,2-3,15H2,1H3/t4-,5+,6-,7+,8-,9+,10-,11-,12+,13+,14+/m1/s1. The number of aliphatic hydroxyl groups excluding tert-OH is 7. The number of methoxy groups -OCH3 is 1. The lowest BCUT2D eigenvalue weighted by Gasteiger charge is -2.47. The van der Waals surface area contributed by atoms with Gasteiger partial charge in [-0.2, -0.15) is 0 Å². The van der Waals surface area contributed by atoms with E-state index >= 15 is 0 Å². The second-order valence-corrected chi connectivity index (χ2v) is 6.52. The number of hydrogen-bond acceptors (Lipinski definition) is 10. The lowest BCUT2D eigenvalue weighted by atomic mass is 9.74. The van der Waals surface area contributed by atoms with Crippen LogP contribution in [0.25, 0.3) is 0 Å². The van der Waals surface area contributed by atoms with E-state index in [4.69, 9.17) is 15.2 Å². The molecule has 24 heavy (non-hydrogen) atoms. The van der Waals surface area contributed by atoms with Gasteiger partial charge in [-0.05, 0) is 6.42 Å². The van der Waals surface area contributed by atoms with Gasteiger partial charge in [-0.1, -0.05) is 0 Å². The van der Waals surface area contributed by atoms with Gasteiger partial charge in [0.1, 0.15) is 36.6 Å². The average Bonchev–Trinajstić information content (AvgIpc) is 2.58. The zero-order chi connectivity index (χ0) is 18.2. The molecular formula is C14H27NO9. The van der Waals surface area contributed by atoms with Crippen LogP contribution in [0.2, 0.25) is 0 Å². The summed E-state index contributed by atoms with van der Waals surface area (Å²) in [4.78, 5) is 0. The molecule has 10 heteroatoms. The highest BCUT2D eigenvalue weighted by molar-refractivity contribution is 5.02. The molecule has 1 heterocycles. The maximum Gasteiger partial charge on any atom is 0.111 e. The monoisotopic (exact) mass is 353 g/mol. The van der Waals surface area contributed by atoms with Crippen molar-refractivity contribution in [1.29, 1.82) is 0 Å². The quantitative estimate of drug-likeness (QED) is 0.244. The SMILES string of the molecule is CO[C@@H]1[C@@H](O)[C@@H](O)[C@H](O)[C@H](O)[C@H]1C[C@@H]1O[C@H](CO)[C@H](O)[C@H](O)[C@H]1N. The maximum atomic E-state index is 10.2. The first-order valence-electron chi connectivity index (χ1n) is 7.87. The minimum absolute atomic E-state index is 0.0258. The number of nitrogens with two attached hydrogens (primary N) is 1. The fourth-order valence-electron chi connectivity index (χ4n) is 3.58. The predicted octanol–water partition coefficient (Wildman–Crippen LogP) is -4.73. The summed E-state index contributed by atoms with van der Waals surface area (Å²) in [6, 6.07) is -1.01. The van der Waals surface area contributed by atoms with Crippen LogP contribution in [0.5, 0.6) is 0 Å². The highest BCUT2D eigenvalue weighted by Gasteiger charge is 2.51. The Kier molecular flexibility index (Phi) is 6.53. The first-order valence-corrected chi connectivity index (χ1v) is 7.87. The van der Waals surface area contributed by atoms with Crippen LogP contribution in [0.4, 0.5) is 0 Å². The van der Waals surface area contributed by atoms with Crippen LogP contribution in [0.3, 0.4) is 0 Å². The van der Waals surface area contributed by atoms with Gasteiger partial charge >= 0.3 is 0 Å². The molecule has 2 fully saturated rings. The Morgan fingerprint density at radius 3 is 1.96 bits per heavy atom. The molecule has 11 atom stereocenters. The second kappa shape index (κ2) is 7.87. The molecule has 142 valence electrons. The van der Waals surface area contributed by atoms with E-state index in [1.54, 1.807) is 0 Å². The topological polar surface area (TPSA) is 186 Å². The average molecular weight is 353 g/mol. The van der Waals surface area contributed by atoms with E-state index in [1.807, 2.05) is 0 Å². The molecule has 0 aromatic rings. The molecule has 0 aromatic heterocycles. The van der Waals surface area contributed by atoms with Gasteiger partial charge in [0.2, 0.25) is 0 Å². The highest BCUT2D eigenvalue weighted by Crippen LogP contribution is 2.34. The molecule has 0 radical (unpaired) electrons. The van der Waals surface area contributed by atoms with E-state index in [0.29, 0.717) is 0 Å². The van der Waals surface area contributed by atoms with E-state index < -0.39 is 73.5 Å². The molecule has 1 aliphatic carbocycles. The molecular weight excluding hydrogens is 326 g/mol. The Morgan fingerprint density at radius 2 is 1.42 bits per heavy atom. The van der Waals surface area contributed by atoms with Crippen LogP contribution in [0.15, 0.2) is 0 Å².